The van der Waals surface area contributed by atoms with Gasteiger partial charge in [-0.2, -0.15) is 0 Å². The normalized spacial score (nSPS) is 19.4. The van der Waals surface area contributed by atoms with Crippen LogP contribution in [0.4, 0.5) is 23.7 Å². The van der Waals surface area contributed by atoms with E-state index in [2.05, 4.69) is 19.9 Å². The number of halogens is 3. The van der Waals surface area contributed by atoms with Crippen molar-refractivity contribution in [1.29, 1.82) is 0 Å². The first-order valence-electron chi connectivity index (χ1n) is 12.7. The molecule has 16 heteroatoms. The lowest BCUT2D eigenvalue weighted by Gasteiger charge is -2.41. The van der Waals surface area contributed by atoms with Crippen molar-refractivity contribution in [3.05, 3.63) is 23.5 Å². The number of alkyl halides is 3. The van der Waals surface area contributed by atoms with Crippen molar-refractivity contribution in [3.63, 3.8) is 0 Å². The average molecular weight is 602 g/mol. The van der Waals surface area contributed by atoms with Crippen LogP contribution in [0.25, 0.3) is 16.3 Å². The monoisotopic (exact) mass is 601 g/mol. The molecule has 3 aromatic heterocycles. The molecule has 3 aromatic rings. The number of pyridine rings is 1. The summed E-state index contributed by atoms with van der Waals surface area (Å²) in [5.74, 6) is 0.143. The van der Waals surface area contributed by atoms with E-state index in [9.17, 15) is 26.4 Å². The van der Waals surface area contributed by atoms with E-state index in [0.717, 1.165) is 0 Å². The van der Waals surface area contributed by atoms with E-state index >= 15 is 0 Å². The zero-order chi connectivity index (χ0) is 29.0. The Morgan fingerprint density at radius 2 is 2.00 bits per heavy atom. The summed E-state index contributed by atoms with van der Waals surface area (Å²) in [5.41, 5.74) is -0.768. The second kappa shape index (κ2) is 10.1. The smallest absolute Gasteiger partial charge is 0.410 e. The van der Waals surface area contributed by atoms with Gasteiger partial charge in [0, 0.05) is 31.9 Å². The van der Waals surface area contributed by atoms with Gasteiger partial charge in [0.1, 0.15) is 17.2 Å². The summed E-state index contributed by atoms with van der Waals surface area (Å²) >= 11 is 0.658. The third-order valence-corrected chi connectivity index (χ3v) is 9.25. The molecule has 0 spiro atoms. The number of fused-ring (bicyclic) bond motifs is 1. The standard InChI is InChI=1S/C24H30F3N7O4S2/c1-14-11-32(7-8-33(14)22(35)38-23(2,3)4)16-9-15(40(36,37)31-24(13-25)5-6-24)12-34-17(16)10-28-19(34)21-30-29-20(39-21)18(26)27/h9-10,12,14,18,31H,5-8,11,13H2,1-4H3/t14-/m0/s1. The predicted molar refractivity (Wildman–Crippen MR) is 142 cm³/mol. The zero-order valence-electron chi connectivity index (χ0n) is 22.4. The molecule has 1 aliphatic carbocycles. The molecule has 218 valence electrons. The first-order valence-corrected chi connectivity index (χ1v) is 15.0. The van der Waals surface area contributed by atoms with E-state index in [0.29, 0.717) is 55.0 Å². The van der Waals surface area contributed by atoms with Gasteiger partial charge in [0.05, 0.1) is 22.9 Å². The zero-order valence-corrected chi connectivity index (χ0v) is 24.0. The van der Waals surface area contributed by atoms with Crippen LogP contribution in [0.2, 0.25) is 0 Å². The van der Waals surface area contributed by atoms with Gasteiger partial charge in [-0.25, -0.2) is 36.1 Å². The Bertz CT molecular complexity index is 1530. The number of nitrogens with zero attached hydrogens (tertiary/aromatic N) is 6. The van der Waals surface area contributed by atoms with Crippen LogP contribution in [0.5, 0.6) is 0 Å². The number of piperazine rings is 1. The largest absolute Gasteiger partial charge is 0.444 e. The summed E-state index contributed by atoms with van der Waals surface area (Å²) in [4.78, 5) is 20.5. The maximum Gasteiger partial charge on any atom is 0.410 e. The van der Waals surface area contributed by atoms with E-state index in [-0.39, 0.29) is 21.8 Å². The van der Waals surface area contributed by atoms with Crippen LogP contribution in [-0.4, -0.2) is 82.5 Å². The second-order valence-electron chi connectivity index (χ2n) is 11.1. The van der Waals surface area contributed by atoms with Crippen LogP contribution in [0.15, 0.2) is 23.4 Å². The van der Waals surface area contributed by atoms with Gasteiger partial charge >= 0.3 is 6.09 Å². The Kier molecular flexibility index (Phi) is 7.23. The molecule has 4 heterocycles. The molecule has 1 atom stereocenters. The van der Waals surface area contributed by atoms with Crippen molar-refractivity contribution in [3.8, 4) is 10.8 Å². The number of sulfonamides is 1. The maximum absolute atomic E-state index is 13.6. The van der Waals surface area contributed by atoms with Gasteiger partial charge in [-0.15, -0.1) is 10.2 Å². The van der Waals surface area contributed by atoms with E-state index < -0.39 is 45.4 Å². The summed E-state index contributed by atoms with van der Waals surface area (Å²) in [7, 11) is -4.17. The highest BCUT2D eigenvalue weighted by molar-refractivity contribution is 7.89. The summed E-state index contributed by atoms with van der Waals surface area (Å²) in [6.45, 7) is 7.43. The second-order valence-corrected chi connectivity index (χ2v) is 13.8. The van der Waals surface area contributed by atoms with E-state index in [1.165, 1.54) is 22.9 Å². The van der Waals surface area contributed by atoms with Gasteiger partial charge in [0.15, 0.2) is 15.8 Å². The molecule has 1 amide bonds. The summed E-state index contributed by atoms with van der Waals surface area (Å²) in [5, 5.41) is 6.97. The van der Waals surface area contributed by atoms with Gasteiger partial charge in [-0.1, -0.05) is 11.3 Å². The van der Waals surface area contributed by atoms with E-state index in [4.69, 9.17) is 4.74 Å². The minimum atomic E-state index is -4.17. The van der Waals surface area contributed by atoms with Crippen LogP contribution >= 0.6 is 11.3 Å². The van der Waals surface area contributed by atoms with Gasteiger partial charge in [0.25, 0.3) is 6.43 Å². The Hall–Kier alpha value is -2.98. The molecule has 11 nitrogen and oxygen atoms in total. The molecule has 0 unspecified atom stereocenters. The lowest BCUT2D eigenvalue weighted by atomic mass is 10.1. The molecule has 1 aliphatic heterocycles. The van der Waals surface area contributed by atoms with Crippen LogP contribution in [-0.2, 0) is 14.8 Å². The van der Waals surface area contributed by atoms with Gasteiger partial charge in [-0.3, -0.25) is 4.40 Å². The van der Waals surface area contributed by atoms with Crippen molar-refractivity contribution in [2.75, 3.05) is 31.2 Å². The van der Waals surface area contributed by atoms with Crippen molar-refractivity contribution in [2.24, 2.45) is 0 Å². The van der Waals surface area contributed by atoms with Gasteiger partial charge < -0.3 is 14.5 Å². The molecule has 0 aromatic carbocycles. The fourth-order valence-corrected chi connectivity index (χ4v) is 6.70. The molecule has 2 fully saturated rings. The number of amides is 1. The third-order valence-electron chi connectivity index (χ3n) is 6.78. The van der Waals surface area contributed by atoms with Crippen LogP contribution in [0, 0.1) is 0 Å². The number of hydrogen-bond donors (Lipinski definition) is 1. The molecule has 40 heavy (non-hydrogen) atoms. The van der Waals surface area contributed by atoms with Crippen molar-refractivity contribution in [1.82, 2.24) is 29.2 Å². The predicted octanol–water partition coefficient (Wildman–Crippen LogP) is 4.02. The van der Waals surface area contributed by atoms with Crippen LogP contribution in [0.1, 0.15) is 52.0 Å². The topological polar surface area (TPSA) is 122 Å². The molecule has 0 bridgehead atoms. The van der Waals surface area contributed by atoms with Crippen LogP contribution < -0.4 is 9.62 Å². The van der Waals surface area contributed by atoms with Crippen molar-refractivity contribution in [2.45, 2.75) is 69.0 Å². The van der Waals surface area contributed by atoms with E-state index in [1.54, 1.807) is 25.7 Å². The number of rotatable bonds is 7. The number of aromatic nitrogens is 4. The quantitative estimate of drug-likeness (QED) is 0.431. The lowest BCUT2D eigenvalue weighted by Crippen LogP contribution is -2.55. The molecule has 1 saturated carbocycles. The van der Waals surface area contributed by atoms with Crippen LogP contribution in [0.3, 0.4) is 0 Å². The first kappa shape index (κ1) is 28.5. The minimum Gasteiger partial charge on any atom is -0.444 e. The average Bonchev–Trinajstić information content (AvgIpc) is 3.25. The molecule has 2 aliphatic rings. The SMILES string of the molecule is C[C@H]1CN(c2cc(S(=O)(=O)NC3(CF)CC3)cn3c(-c4nnc(C(F)F)s4)ncc23)CCN1C(=O)OC(C)(C)C. The molecular weight excluding hydrogens is 571 g/mol. The highest BCUT2D eigenvalue weighted by Gasteiger charge is 2.46. The van der Waals surface area contributed by atoms with Crippen molar-refractivity contribution >= 4 is 38.7 Å². The highest BCUT2D eigenvalue weighted by atomic mass is 32.2. The van der Waals surface area contributed by atoms with Crippen molar-refractivity contribution < 1.29 is 31.1 Å². The Labute approximate surface area is 233 Å². The number of anilines is 1. The molecular formula is C24H30F3N7O4S2. The molecule has 0 radical (unpaired) electrons. The third kappa shape index (κ3) is 5.61. The lowest BCUT2D eigenvalue weighted by molar-refractivity contribution is 0.0159. The van der Waals surface area contributed by atoms with E-state index in [1.807, 2.05) is 11.8 Å². The highest BCUT2D eigenvalue weighted by Crippen LogP contribution is 2.38. The Balaban J connectivity index is 1.55. The van der Waals surface area contributed by atoms with Gasteiger partial charge in [0.2, 0.25) is 10.0 Å². The number of ether oxygens (including phenoxy) is 1. The fraction of sp³-hybridized carbons (Fsp3) is 0.583. The fourth-order valence-electron chi connectivity index (χ4n) is 4.55. The molecule has 1 N–H and O–H groups in total. The number of carbonyl (C=O) groups is 1. The maximum atomic E-state index is 13.6. The molecule has 1 saturated heterocycles. The number of hydrogen-bond acceptors (Lipinski definition) is 9. The summed E-state index contributed by atoms with van der Waals surface area (Å²) in [6.07, 6.45) is 0.350. The Morgan fingerprint density at radius 3 is 2.58 bits per heavy atom. The Morgan fingerprint density at radius 1 is 1.27 bits per heavy atom. The number of carbonyl (C=O) groups excluding carboxylic acids is 1. The molecule has 5 rings (SSSR count). The first-order chi connectivity index (χ1) is 18.7. The number of imidazole rings is 1. The summed E-state index contributed by atoms with van der Waals surface area (Å²) < 4.78 is 76.3. The minimum absolute atomic E-state index is 0.0919. The number of nitrogens with one attached hydrogen (secondary N) is 1. The van der Waals surface area contributed by atoms with Gasteiger partial charge in [-0.05, 0) is 46.6 Å². The summed E-state index contributed by atoms with van der Waals surface area (Å²) in [6, 6.07) is 1.21.